The Labute approximate surface area is 105 Å². The van der Waals surface area contributed by atoms with Crippen LogP contribution in [0.5, 0.6) is 0 Å². The molecule has 0 bridgehead atoms. The molecule has 4 heteroatoms. The lowest BCUT2D eigenvalue weighted by atomic mass is 9.56. The Morgan fingerprint density at radius 3 is 2.24 bits per heavy atom. The summed E-state index contributed by atoms with van der Waals surface area (Å²) in [6.07, 6.45) is 0.920. The molecule has 0 spiro atoms. The van der Waals surface area contributed by atoms with Crippen molar-refractivity contribution in [1.29, 1.82) is 0 Å². The van der Waals surface area contributed by atoms with E-state index in [4.69, 9.17) is 10.5 Å². The fourth-order valence-corrected chi connectivity index (χ4v) is 2.25. The Hall–Kier alpha value is -0.770. The van der Waals surface area contributed by atoms with E-state index in [1.54, 1.807) is 7.11 Å². The minimum Gasteiger partial charge on any atom is -0.378 e. The number of ether oxygens (including phenoxy) is 1. The van der Waals surface area contributed by atoms with Gasteiger partial charge in [-0.3, -0.25) is 0 Å². The summed E-state index contributed by atoms with van der Waals surface area (Å²) >= 11 is 0. The molecule has 2 atom stereocenters. The summed E-state index contributed by atoms with van der Waals surface area (Å²) in [5.41, 5.74) is 5.80. The largest absolute Gasteiger partial charge is 0.378 e. The van der Waals surface area contributed by atoms with Gasteiger partial charge in [0.25, 0.3) is 0 Å². The van der Waals surface area contributed by atoms with Crippen LogP contribution in [0.1, 0.15) is 48.0 Å². The second-order valence-electron chi connectivity index (χ2n) is 6.77. The highest BCUT2D eigenvalue weighted by molar-refractivity contribution is 5.78. The average molecular weight is 241 g/mol. The normalized spacial score (nSPS) is 33.1. The van der Waals surface area contributed by atoms with Gasteiger partial charge in [0.2, 0.25) is 0 Å². The van der Waals surface area contributed by atoms with Crippen molar-refractivity contribution in [2.45, 2.75) is 65.1 Å². The first-order valence-electron chi connectivity index (χ1n) is 6.18. The minimum atomic E-state index is -0.0941. The van der Waals surface area contributed by atoms with Crippen molar-refractivity contribution in [2.75, 3.05) is 7.11 Å². The molecule has 0 heterocycles. The quantitative estimate of drug-likeness (QED) is 0.573. The molecule has 0 radical (unpaired) electrons. The van der Waals surface area contributed by atoms with Gasteiger partial charge in [0.15, 0.2) is 5.96 Å². The third-order valence-corrected chi connectivity index (χ3v) is 4.03. The minimum absolute atomic E-state index is 0.0198. The number of hydrogen-bond donors (Lipinski definition) is 2. The van der Waals surface area contributed by atoms with E-state index in [2.05, 4.69) is 51.9 Å². The molecule has 1 rings (SSSR count). The Morgan fingerprint density at radius 2 is 1.88 bits per heavy atom. The van der Waals surface area contributed by atoms with Gasteiger partial charge in [-0.05, 0) is 34.1 Å². The molecule has 1 aliphatic carbocycles. The van der Waals surface area contributed by atoms with Gasteiger partial charge in [-0.1, -0.05) is 13.8 Å². The summed E-state index contributed by atoms with van der Waals surface area (Å²) in [5.74, 6) is 0.522. The number of methoxy groups -OCH3 is 1. The van der Waals surface area contributed by atoms with Gasteiger partial charge in [-0.2, -0.15) is 0 Å². The lowest BCUT2D eigenvalue weighted by molar-refractivity contribution is -0.171. The Bertz CT molecular complexity index is 317. The SMILES string of the molecule is COC1(C)CC(N=C(N)NC(C)(C)C)C1(C)C. The van der Waals surface area contributed by atoms with Gasteiger partial charge in [0, 0.05) is 18.1 Å². The van der Waals surface area contributed by atoms with E-state index >= 15 is 0 Å². The van der Waals surface area contributed by atoms with Crippen molar-refractivity contribution >= 4 is 5.96 Å². The Balaban J connectivity index is 2.70. The van der Waals surface area contributed by atoms with Crippen LogP contribution in [-0.2, 0) is 4.74 Å². The van der Waals surface area contributed by atoms with Crippen molar-refractivity contribution in [3.05, 3.63) is 0 Å². The van der Waals surface area contributed by atoms with Crippen LogP contribution < -0.4 is 11.1 Å². The molecule has 0 saturated heterocycles. The molecule has 0 aromatic rings. The standard InChI is InChI=1S/C13H27N3O/c1-11(2,3)16-10(14)15-9-8-13(6,17-7)12(9,4)5/h9H,8H2,1-7H3,(H3,14,15,16). The number of nitrogens with zero attached hydrogens (tertiary/aromatic N) is 1. The highest BCUT2D eigenvalue weighted by Gasteiger charge is 2.58. The number of guanidine groups is 1. The monoisotopic (exact) mass is 241 g/mol. The fourth-order valence-electron chi connectivity index (χ4n) is 2.25. The smallest absolute Gasteiger partial charge is 0.189 e. The molecule has 17 heavy (non-hydrogen) atoms. The van der Waals surface area contributed by atoms with Crippen LogP contribution in [0.4, 0.5) is 0 Å². The van der Waals surface area contributed by atoms with Gasteiger partial charge < -0.3 is 15.8 Å². The molecular formula is C13H27N3O. The van der Waals surface area contributed by atoms with Crippen LogP contribution in [0.3, 0.4) is 0 Å². The third kappa shape index (κ3) is 2.73. The topological polar surface area (TPSA) is 59.6 Å². The average Bonchev–Trinajstić information content (AvgIpc) is 2.13. The number of nitrogens with one attached hydrogen (secondary N) is 1. The lowest BCUT2D eigenvalue weighted by Crippen LogP contribution is -2.63. The number of aliphatic imine (C=N–C) groups is 1. The summed E-state index contributed by atoms with van der Waals surface area (Å²) in [5, 5.41) is 3.19. The van der Waals surface area contributed by atoms with Crippen molar-refractivity contribution in [3.8, 4) is 0 Å². The summed E-state index contributed by atoms with van der Waals surface area (Å²) in [6.45, 7) is 12.7. The van der Waals surface area contributed by atoms with Crippen LogP contribution in [0, 0.1) is 5.41 Å². The molecule has 100 valence electrons. The van der Waals surface area contributed by atoms with Crippen LogP contribution in [0.25, 0.3) is 0 Å². The first-order chi connectivity index (χ1) is 7.52. The van der Waals surface area contributed by atoms with Crippen molar-refractivity contribution in [2.24, 2.45) is 16.1 Å². The molecule has 3 N–H and O–H groups in total. The molecule has 1 aliphatic rings. The molecular weight excluding hydrogens is 214 g/mol. The van der Waals surface area contributed by atoms with Crippen molar-refractivity contribution in [1.82, 2.24) is 5.32 Å². The molecule has 0 aliphatic heterocycles. The number of hydrogen-bond acceptors (Lipinski definition) is 2. The molecule has 1 fully saturated rings. The van der Waals surface area contributed by atoms with Crippen LogP contribution >= 0.6 is 0 Å². The van der Waals surface area contributed by atoms with E-state index in [0.29, 0.717) is 5.96 Å². The van der Waals surface area contributed by atoms with Gasteiger partial charge in [0.1, 0.15) is 0 Å². The first kappa shape index (κ1) is 14.3. The third-order valence-electron chi connectivity index (χ3n) is 4.03. The second kappa shape index (κ2) is 4.16. The van der Waals surface area contributed by atoms with Gasteiger partial charge in [-0.25, -0.2) is 4.99 Å². The Kier molecular flexibility index (Phi) is 3.50. The predicted octanol–water partition coefficient (Wildman–Crippen LogP) is 1.89. The first-order valence-corrected chi connectivity index (χ1v) is 6.18. The van der Waals surface area contributed by atoms with Gasteiger partial charge >= 0.3 is 0 Å². The summed E-state index contributed by atoms with van der Waals surface area (Å²) < 4.78 is 5.57. The summed E-state index contributed by atoms with van der Waals surface area (Å²) in [7, 11) is 1.76. The summed E-state index contributed by atoms with van der Waals surface area (Å²) in [4.78, 5) is 4.57. The van der Waals surface area contributed by atoms with Crippen LogP contribution in [0.2, 0.25) is 0 Å². The lowest BCUT2D eigenvalue weighted by Gasteiger charge is -2.57. The summed E-state index contributed by atoms with van der Waals surface area (Å²) in [6, 6.07) is 0.224. The molecule has 0 aromatic heterocycles. The second-order valence-corrected chi connectivity index (χ2v) is 6.77. The maximum atomic E-state index is 5.92. The Morgan fingerprint density at radius 1 is 1.35 bits per heavy atom. The van der Waals surface area contributed by atoms with Gasteiger partial charge in [0.05, 0.1) is 11.6 Å². The zero-order chi connectivity index (χ0) is 13.5. The van der Waals surface area contributed by atoms with E-state index in [1.807, 2.05) is 0 Å². The van der Waals surface area contributed by atoms with Crippen LogP contribution in [-0.4, -0.2) is 30.3 Å². The maximum absolute atomic E-state index is 5.92. The van der Waals surface area contributed by atoms with E-state index in [-0.39, 0.29) is 22.6 Å². The highest BCUT2D eigenvalue weighted by atomic mass is 16.5. The van der Waals surface area contributed by atoms with E-state index in [1.165, 1.54) is 0 Å². The van der Waals surface area contributed by atoms with Crippen molar-refractivity contribution < 1.29 is 4.74 Å². The van der Waals surface area contributed by atoms with Gasteiger partial charge in [-0.15, -0.1) is 0 Å². The maximum Gasteiger partial charge on any atom is 0.189 e. The molecule has 4 nitrogen and oxygen atoms in total. The van der Waals surface area contributed by atoms with E-state index in [0.717, 1.165) is 6.42 Å². The molecule has 0 amide bonds. The molecule has 0 aromatic carbocycles. The van der Waals surface area contributed by atoms with Crippen molar-refractivity contribution in [3.63, 3.8) is 0 Å². The number of nitrogens with two attached hydrogens (primary N) is 1. The van der Waals surface area contributed by atoms with Crippen LogP contribution in [0.15, 0.2) is 4.99 Å². The molecule has 2 unspecified atom stereocenters. The molecule has 1 saturated carbocycles. The van der Waals surface area contributed by atoms with E-state index < -0.39 is 0 Å². The predicted molar refractivity (Wildman–Crippen MR) is 72.1 cm³/mol. The highest BCUT2D eigenvalue weighted by Crippen LogP contribution is 2.53. The number of rotatable bonds is 2. The fraction of sp³-hybridized carbons (Fsp3) is 0.923. The zero-order valence-electron chi connectivity index (χ0n) is 12.2. The zero-order valence-corrected chi connectivity index (χ0v) is 12.2. The van der Waals surface area contributed by atoms with E-state index in [9.17, 15) is 0 Å².